The van der Waals surface area contributed by atoms with Gasteiger partial charge in [0.15, 0.2) is 0 Å². The number of halogens is 3. The molecular formula is C9H17F3N2O. The van der Waals surface area contributed by atoms with Crippen molar-refractivity contribution in [1.29, 1.82) is 0 Å². The Morgan fingerprint density at radius 1 is 1.27 bits per heavy atom. The Kier molecular flexibility index (Phi) is 5.07. The Balaban J connectivity index is 3.94. The molecule has 0 unspecified atom stereocenters. The standard InChI is InChI=1S/C9H17F3N2O/c1-4-14-8(2,3)7(15)13-6-5-9(10,11)12/h14H,4-6H2,1-3H3,(H,13,15). The van der Waals surface area contributed by atoms with Gasteiger partial charge in [-0.05, 0) is 20.4 Å². The predicted molar refractivity (Wildman–Crippen MR) is 51.4 cm³/mol. The first-order chi connectivity index (χ1) is 6.69. The summed E-state index contributed by atoms with van der Waals surface area (Å²) in [7, 11) is 0. The lowest BCUT2D eigenvalue weighted by Gasteiger charge is -2.24. The Labute approximate surface area is 87.4 Å². The zero-order valence-electron chi connectivity index (χ0n) is 9.16. The molecule has 2 N–H and O–H groups in total. The SMILES string of the molecule is CCNC(C)(C)C(=O)NCCC(F)(F)F. The second kappa shape index (κ2) is 5.34. The summed E-state index contributed by atoms with van der Waals surface area (Å²) in [6, 6.07) is 0. The van der Waals surface area contributed by atoms with Gasteiger partial charge < -0.3 is 10.6 Å². The van der Waals surface area contributed by atoms with Crippen LogP contribution in [0.5, 0.6) is 0 Å². The highest BCUT2D eigenvalue weighted by Gasteiger charge is 2.29. The number of amides is 1. The lowest BCUT2D eigenvalue weighted by atomic mass is 10.0. The third kappa shape index (κ3) is 6.33. The van der Waals surface area contributed by atoms with Gasteiger partial charge >= 0.3 is 6.18 Å². The van der Waals surface area contributed by atoms with Crippen molar-refractivity contribution < 1.29 is 18.0 Å². The van der Waals surface area contributed by atoms with Crippen LogP contribution in [-0.4, -0.2) is 30.7 Å². The van der Waals surface area contributed by atoms with E-state index in [0.717, 1.165) is 0 Å². The molecule has 0 aliphatic rings. The van der Waals surface area contributed by atoms with Crippen molar-refractivity contribution in [3.05, 3.63) is 0 Å². The van der Waals surface area contributed by atoms with E-state index in [2.05, 4.69) is 10.6 Å². The van der Waals surface area contributed by atoms with E-state index < -0.39 is 24.0 Å². The molecule has 0 radical (unpaired) electrons. The second-order valence-corrected chi connectivity index (χ2v) is 3.78. The van der Waals surface area contributed by atoms with Crippen molar-refractivity contribution in [3.8, 4) is 0 Å². The number of alkyl halides is 3. The fourth-order valence-corrected chi connectivity index (χ4v) is 1.06. The summed E-state index contributed by atoms with van der Waals surface area (Å²) in [5.74, 6) is -0.423. The number of likely N-dealkylation sites (N-methyl/N-ethyl adjacent to an activating group) is 1. The van der Waals surface area contributed by atoms with Crippen LogP contribution in [0.1, 0.15) is 27.2 Å². The monoisotopic (exact) mass is 226 g/mol. The first kappa shape index (κ1) is 14.2. The molecule has 0 saturated carbocycles. The predicted octanol–water partition coefficient (Wildman–Crippen LogP) is 1.44. The molecule has 15 heavy (non-hydrogen) atoms. The van der Waals surface area contributed by atoms with Gasteiger partial charge in [-0.3, -0.25) is 4.79 Å². The van der Waals surface area contributed by atoms with Crippen molar-refractivity contribution in [2.24, 2.45) is 0 Å². The minimum Gasteiger partial charge on any atom is -0.354 e. The molecule has 0 aromatic carbocycles. The van der Waals surface area contributed by atoms with E-state index in [-0.39, 0.29) is 6.54 Å². The van der Waals surface area contributed by atoms with Crippen LogP contribution in [0.2, 0.25) is 0 Å². The second-order valence-electron chi connectivity index (χ2n) is 3.78. The fourth-order valence-electron chi connectivity index (χ4n) is 1.06. The smallest absolute Gasteiger partial charge is 0.354 e. The quantitative estimate of drug-likeness (QED) is 0.744. The van der Waals surface area contributed by atoms with Gasteiger partial charge in [0.05, 0.1) is 12.0 Å². The fraction of sp³-hybridized carbons (Fsp3) is 0.889. The molecule has 0 aromatic heterocycles. The number of carbonyl (C=O) groups excluding carboxylic acids is 1. The van der Waals surface area contributed by atoms with Crippen LogP contribution >= 0.6 is 0 Å². The van der Waals surface area contributed by atoms with E-state index in [1.807, 2.05) is 6.92 Å². The van der Waals surface area contributed by atoms with E-state index in [0.29, 0.717) is 6.54 Å². The highest BCUT2D eigenvalue weighted by atomic mass is 19.4. The summed E-state index contributed by atoms with van der Waals surface area (Å²) >= 11 is 0. The summed E-state index contributed by atoms with van der Waals surface area (Å²) in [6.45, 7) is 5.28. The van der Waals surface area contributed by atoms with Crippen molar-refractivity contribution in [2.75, 3.05) is 13.1 Å². The van der Waals surface area contributed by atoms with Gasteiger partial charge in [-0.25, -0.2) is 0 Å². The first-order valence-electron chi connectivity index (χ1n) is 4.79. The number of carbonyl (C=O) groups is 1. The molecule has 0 bridgehead atoms. The molecule has 0 atom stereocenters. The summed E-state index contributed by atoms with van der Waals surface area (Å²) < 4.78 is 35.4. The molecule has 0 fully saturated rings. The van der Waals surface area contributed by atoms with Crippen molar-refractivity contribution >= 4 is 5.91 Å². The van der Waals surface area contributed by atoms with Gasteiger partial charge in [0.25, 0.3) is 0 Å². The topological polar surface area (TPSA) is 41.1 Å². The lowest BCUT2D eigenvalue weighted by Crippen LogP contribution is -2.52. The van der Waals surface area contributed by atoms with E-state index in [1.165, 1.54) is 0 Å². The molecule has 0 saturated heterocycles. The minimum absolute atomic E-state index is 0.378. The first-order valence-corrected chi connectivity index (χ1v) is 4.79. The van der Waals surface area contributed by atoms with Gasteiger partial charge in [-0.2, -0.15) is 13.2 Å². The Morgan fingerprint density at radius 3 is 2.20 bits per heavy atom. The number of rotatable bonds is 5. The van der Waals surface area contributed by atoms with Gasteiger partial charge in [0, 0.05) is 6.54 Å². The van der Waals surface area contributed by atoms with Crippen LogP contribution in [0.15, 0.2) is 0 Å². The molecule has 0 aliphatic carbocycles. The van der Waals surface area contributed by atoms with Gasteiger partial charge in [-0.1, -0.05) is 6.92 Å². The Hall–Kier alpha value is -0.780. The van der Waals surface area contributed by atoms with Crippen LogP contribution in [0, 0.1) is 0 Å². The highest BCUT2D eigenvalue weighted by Crippen LogP contribution is 2.18. The molecule has 0 heterocycles. The largest absolute Gasteiger partial charge is 0.390 e. The molecule has 1 amide bonds. The van der Waals surface area contributed by atoms with Crippen molar-refractivity contribution in [2.45, 2.75) is 38.9 Å². The van der Waals surface area contributed by atoms with Gasteiger partial charge in [0.1, 0.15) is 0 Å². The maximum atomic E-state index is 11.8. The molecule has 0 spiro atoms. The zero-order chi connectivity index (χ0) is 12.1. The van der Waals surface area contributed by atoms with Crippen LogP contribution < -0.4 is 10.6 Å². The van der Waals surface area contributed by atoms with Crippen molar-refractivity contribution in [3.63, 3.8) is 0 Å². The zero-order valence-corrected chi connectivity index (χ0v) is 9.16. The molecular weight excluding hydrogens is 209 g/mol. The summed E-state index contributed by atoms with van der Waals surface area (Å²) in [6.07, 6.45) is -5.23. The van der Waals surface area contributed by atoms with E-state index in [9.17, 15) is 18.0 Å². The third-order valence-corrected chi connectivity index (χ3v) is 1.88. The average molecular weight is 226 g/mol. The molecule has 0 rings (SSSR count). The van der Waals surface area contributed by atoms with E-state index in [4.69, 9.17) is 0 Å². The van der Waals surface area contributed by atoms with Gasteiger partial charge in [-0.15, -0.1) is 0 Å². The molecule has 90 valence electrons. The van der Waals surface area contributed by atoms with Crippen LogP contribution in [0.3, 0.4) is 0 Å². The highest BCUT2D eigenvalue weighted by molar-refractivity contribution is 5.85. The lowest BCUT2D eigenvalue weighted by molar-refractivity contribution is -0.137. The van der Waals surface area contributed by atoms with Gasteiger partial charge in [0.2, 0.25) is 5.91 Å². The molecule has 0 aliphatic heterocycles. The summed E-state index contributed by atoms with van der Waals surface area (Å²) in [5.41, 5.74) is -0.833. The number of hydrogen-bond donors (Lipinski definition) is 2. The maximum Gasteiger partial charge on any atom is 0.390 e. The summed E-state index contributed by atoms with van der Waals surface area (Å²) in [5, 5.41) is 5.12. The Morgan fingerprint density at radius 2 is 1.80 bits per heavy atom. The molecule has 6 heteroatoms. The van der Waals surface area contributed by atoms with Crippen LogP contribution in [0.4, 0.5) is 13.2 Å². The van der Waals surface area contributed by atoms with E-state index >= 15 is 0 Å². The number of nitrogens with one attached hydrogen (secondary N) is 2. The minimum atomic E-state index is -4.23. The molecule has 3 nitrogen and oxygen atoms in total. The number of hydrogen-bond acceptors (Lipinski definition) is 2. The van der Waals surface area contributed by atoms with E-state index in [1.54, 1.807) is 13.8 Å². The maximum absolute atomic E-state index is 11.8. The Bertz CT molecular complexity index is 214. The van der Waals surface area contributed by atoms with Crippen LogP contribution in [0.25, 0.3) is 0 Å². The van der Waals surface area contributed by atoms with Crippen LogP contribution in [-0.2, 0) is 4.79 Å². The third-order valence-electron chi connectivity index (χ3n) is 1.88. The average Bonchev–Trinajstić information content (AvgIpc) is 2.01. The van der Waals surface area contributed by atoms with Crippen molar-refractivity contribution in [1.82, 2.24) is 10.6 Å². The normalized spacial score (nSPS) is 12.7. The molecule has 0 aromatic rings. The summed E-state index contributed by atoms with van der Waals surface area (Å²) in [4.78, 5) is 11.4.